The molecule has 29 heavy (non-hydrogen) atoms. The summed E-state index contributed by atoms with van der Waals surface area (Å²) in [5.41, 5.74) is 2.09. The van der Waals surface area contributed by atoms with Gasteiger partial charge in [0, 0.05) is 57.1 Å². The van der Waals surface area contributed by atoms with Crippen LogP contribution in [0.4, 0.5) is 11.4 Å². The van der Waals surface area contributed by atoms with Crippen LogP contribution >= 0.6 is 0 Å². The summed E-state index contributed by atoms with van der Waals surface area (Å²) in [6, 6.07) is 16.4. The van der Waals surface area contributed by atoms with Crippen molar-refractivity contribution in [3.8, 4) is 0 Å². The van der Waals surface area contributed by atoms with Gasteiger partial charge in [0.2, 0.25) is 5.91 Å². The smallest absolute Gasteiger partial charge is 0.269 e. The summed E-state index contributed by atoms with van der Waals surface area (Å²) in [6.45, 7) is 8.46. The van der Waals surface area contributed by atoms with Gasteiger partial charge in [-0.25, -0.2) is 0 Å². The molecule has 0 radical (unpaired) electrons. The number of carbonyl (C=O) groups excluding carboxylic acids is 1. The molecule has 0 aromatic heterocycles. The first-order valence-corrected chi connectivity index (χ1v) is 10.1. The number of nitrogens with zero attached hydrogens (tertiary/aromatic N) is 4. The Morgan fingerprint density at radius 3 is 2.10 bits per heavy atom. The van der Waals surface area contributed by atoms with Crippen LogP contribution in [0, 0.1) is 10.1 Å². The number of nitro benzene ring substituents is 1. The van der Waals surface area contributed by atoms with E-state index in [9.17, 15) is 14.9 Å². The highest BCUT2D eigenvalue weighted by Crippen LogP contribution is 2.27. The number of anilines is 1. The van der Waals surface area contributed by atoms with Crippen molar-refractivity contribution >= 4 is 17.3 Å². The zero-order valence-electron chi connectivity index (χ0n) is 17.0. The van der Waals surface area contributed by atoms with Gasteiger partial charge in [0.25, 0.3) is 5.69 Å². The van der Waals surface area contributed by atoms with Crippen LogP contribution in [0.1, 0.15) is 25.5 Å². The van der Waals surface area contributed by atoms with Crippen LogP contribution < -0.4 is 4.90 Å². The molecule has 154 valence electrons. The van der Waals surface area contributed by atoms with Gasteiger partial charge in [-0.2, -0.15) is 0 Å². The average molecular weight is 396 g/mol. The molecule has 1 aliphatic heterocycles. The van der Waals surface area contributed by atoms with E-state index >= 15 is 0 Å². The van der Waals surface area contributed by atoms with E-state index in [1.54, 1.807) is 24.3 Å². The van der Waals surface area contributed by atoms with Crippen molar-refractivity contribution in [1.82, 2.24) is 9.80 Å². The number of hydrogen-bond donors (Lipinski definition) is 0. The molecule has 1 atom stereocenters. The summed E-state index contributed by atoms with van der Waals surface area (Å²) in [5.74, 6) is 0.144. The number of rotatable bonds is 7. The zero-order chi connectivity index (χ0) is 20.8. The molecule has 0 N–H and O–H groups in total. The van der Waals surface area contributed by atoms with E-state index in [0.717, 1.165) is 37.4 Å². The maximum Gasteiger partial charge on any atom is 0.269 e. The van der Waals surface area contributed by atoms with E-state index in [4.69, 9.17) is 0 Å². The second kappa shape index (κ2) is 9.52. The van der Waals surface area contributed by atoms with Gasteiger partial charge in [-0.1, -0.05) is 30.3 Å². The van der Waals surface area contributed by atoms with Crippen LogP contribution in [0.5, 0.6) is 0 Å². The second-order valence-corrected chi connectivity index (χ2v) is 7.12. The van der Waals surface area contributed by atoms with Gasteiger partial charge in [0.15, 0.2) is 0 Å². The fourth-order valence-electron chi connectivity index (χ4n) is 3.88. The van der Waals surface area contributed by atoms with Gasteiger partial charge in [-0.15, -0.1) is 0 Å². The Labute approximate surface area is 171 Å². The van der Waals surface area contributed by atoms with E-state index in [1.807, 2.05) is 49.1 Å². The first-order chi connectivity index (χ1) is 14.0. The zero-order valence-corrected chi connectivity index (χ0v) is 17.0. The van der Waals surface area contributed by atoms with Crippen LogP contribution in [0.15, 0.2) is 54.6 Å². The predicted octanol–water partition coefficient (Wildman–Crippen LogP) is 3.33. The minimum atomic E-state index is -0.384. The highest BCUT2D eigenvalue weighted by Gasteiger charge is 2.32. The normalized spacial score (nSPS) is 15.7. The lowest BCUT2D eigenvalue weighted by atomic mass is 10.0. The minimum Gasteiger partial charge on any atom is -0.369 e. The summed E-state index contributed by atoms with van der Waals surface area (Å²) >= 11 is 0. The number of hydrogen-bond acceptors (Lipinski definition) is 5. The molecule has 1 fully saturated rings. The van der Waals surface area contributed by atoms with Crippen molar-refractivity contribution in [3.63, 3.8) is 0 Å². The summed E-state index contributed by atoms with van der Waals surface area (Å²) < 4.78 is 0. The van der Waals surface area contributed by atoms with Crippen LogP contribution in [-0.2, 0) is 4.79 Å². The summed E-state index contributed by atoms with van der Waals surface area (Å²) in [7, 11) is 0. The van der Waals surface area contributed by atoms with Crippen molar-refractivity contribution in [2.75, 3.05) is 44.2 Å². The van der Waals surface area contributed by atoms with E-state index in [1.165, 1.54) is 0 Å². The fraction of sp³-hybridized carbons (Fsp3) is 0.409. The number of benzene rings is 2. The molecule has 7 nitrogen and oxygen atoms in total. The Balaban J connectivity index is 1.74. The standard InChI is InChI=1S/C22H28N4O3/c1-3-23(4-2)22(27)21(18-8-6-5-7-9-18)25-16-14-24(15-17-25)19-10-12-20(13-11-19)26(28)29/h5-13,21H,3-4,14-17H2,1-2H3/t21-/m1/s1. The Morgan fingerprint density at radius 2 is 1.59 bits per heavy atom. The Bertz CT molecular complexity index is 814. The molecule has 1 heterocycles. The number of nitro groups is 1. The monoisotopic (exact) mass is 396 g/mol. The molecular formula is C22H28N4O3. The molecular weight excluding hydrogens is 368 g/mol. The molecule has 1 saturated heterocycles. The third kappa shape index (κ3) is 4.74. The van der Waals surface area contributed by atoms with Gasteiger partial charge >= 0.3 is 0 Å². The summed E-state index contributed by atoms with van der Waals surface area (Å²) in [5, 5.41) is 10.9. The lowest BCUT2D eigenvalue weighted by Crippen LogP contribution is -2.51. The predicted molar refractivity (Wildman–Crippen MR) is 114 cm³/mol. The molecule has 0 unspecified atom stereocenters. The molecule has 2 aromatic rings. The maximum absolute atomic E-state index is 13.3. The van der Waals surface area contributed by atoms with Gasteiger partial charge in [0.1, 0.15) is 6.04 Å². The van der Waals surface area contributed by atoms with E-state index < -0.39 is 0 Å². The Hall–Kier alpha value is -2.93. The number of piperazine rings is 1. The van der Waals surface area contributed by atoms with Crippen molar-refractivity contribution in [1.29, 1.82) is 0 Å². The van der Waals surface area contributed by atoms with Gasteiger partial charge in [0.05, 0.1) is 4.92 Å². The van der Waals surface area contributed by atoms with Crippen LogP contribution in [0.3, 0.4) is 0 Å². The van der Waals surface area contributed by atoms with Crippen molar-refractivity contribution in [3.05, 3.63) is 70.3 Å². The number of likely N-dealkylation sites (N-methyl/N-ethyl adjacent to an activating group) is 1. The maximum atomic E-state index is 13.3. The highest BCUT2D eigenvalue weighted by molar-refractivity contribution is 5.83. The van der Waals surface area contributed by atoms with Gasteiger partial charge in [-0.3, -0.25) is 19.8 Å². The second-order valence-electron chi connectivity index (χ2n) is 7.12. The molecule has 0 saturated carbocycles. The quantitative estimate of drug-likeness (QED) is 0.530. The first kappa shape index (κ1) is 20.8. The Kier molecular flexibility index (Phi) is 6.82. The van der Waals surface area contributed by atoms with Crippen LogP contribution in [0.2, 0.25) is 0 Å². The Morgan fingerprint density at radius 1 is 1.00 bits per heavy atom. The molecule has 0 spiro atoms. The van der Waals surface area contributed by atoms with Gasteiger partial charge < -0.3 is 9.80 Å². The number of carbonyl (C=O) groups is 1. The molecule has 1 amide bonds. The summed E-state index contributed by atoms with van der Waals surface area (Å²) in [4.78, 5) is 30.1. The molecule has 7 heteroatoms. The van der Waals surface area contributed by atoms with E-state index in [0.29, 0.717) is 13.1 Å². The number of amides is 1. The number of non-ortho nitro benzene ring substituents is 1. The van der Waals surface area contributed by atoms with Crippen LogP contribution in [-0.4, -0.2) is 59.9 Å². The third-order valence-corrected chi connectivity index (χ3v) is 5.53. The van der Waals surface area contributed by atoms with E-state index in [-0.39, 0.29) is 22.6 Å². The summed E-state index contributed by atoms with van der Waals surface area (Å²) in [6.07, 6.45) is 0. The lowest BCUT2D eigenvalue weighted by molar-refractivity contribution is -0.384. The largest absolute Gasteiger partial charge is 0.369 e. The molecule has 1 aliphatic rings. The molecule has 2 aromatic carbocycles. The molecule has 0 bridgehead atoms. The topological polar surface area (TPSA) is 69.9 Å². The third-order valence-electron chi connectivity index (χ3n) is 5.53. The first-order valence-electron chi connectivity index (χ1n) is 10.1. The molecule has 0 aliphatic carbocycles. The highest BCUT2D eigenvalue weighted by atomic mass is 16.6. The van der Waals surface area contributed by atoms with Crippen molar-refractivity contribution in [2.24, 2.45) is 0 Å². The van der Waals surface area contributed by atoms with Crippen molar-refractivity contribution < 1.29 is 9.72 Å². The minimum absolute atomic E-state index is 0.0985. The average Bonchev–Trinajstić information content (AvgIpc) is 2.76. The van der Waals surface area contributed by atoms with E-state index in [2.05, 4.69) is 9.80 Å². The van der Waals surface area contributed by atoms with Gasteiger partial charge in [-0.05, 0) is 31.5 Å². The van der Waals surface area contributed by atoms with Crippen LogP contribution in [0.25, 0.3) is 0 Å². The lowest BCUT2D eigenvalue weighted by Gasteiger charge is -2.41. The van der Waals surface area contributed by atoms with Crippen molar-refractivity contribution in [2.45, 2.75) is 19.9 Å². The molecule has 3 rings (SSSR count). The SMILES string of the molecule is CCN(CC)C(=O)[C@@H](c1ccccc1)N1CCN(c2ccc([N+](=O)[O-])cc2)CC1. The fourth-order valence-corrected chi connectivity index (χ4v) is 3.88.